The van der Waals surface area contributed by atoms with Crippen molar-refractivity contribution >= 4 is 33.4 Å². The van der Waals surface area contributed by atoms with Crippen LogP contribution in [0.5, 0.6) is 0 Å². The van der Waals surface area contributed by atoms with Crippen LogP contribution in [0.15, 0.2) is 61.1 Å². The Morgan fingerprint density at radius 3 is 2.83 bits per heavy atom. The van der Waals surface area contributed by atoms with Gasteiger partial charge in [0.05, 0.1) is 17.4 Å². The Balaban J connectivity index is 1.57. The lowest BCUT2D eigenvalue weighted by atomic mass is 9.99. The van der Waals surface area contributed by atoms with Crippen LogP contribution in [0.1, 0.15) is 30.4 Å². The second kappa shape index (κ2) is 6.63. The van der Waals surface area contributed by atoms with Gasteiger partial charge in [-0.25, -0.2) is 0 Å². The first kappa shape index (κ1) is 17.2. The molecule has 2 aromatic carbocycles. The van der Waals surface area contributed by atoms with Gasteiger partial charge in [-0.3, -0.25) is 14.6 Å². The molecule has 1 amide bonds. The van der Waals surface area contributed by atoms with Crippen molar-refractivity contribution in [2.75, 3.05) is 5.32 Å². The van der Waals surface area contributed by atoms with Gasteiger partial charge in [0.1, 0.15) is 0 Å². The van der Waals surface area contributed by atoms with Crippen molar-refractivity contribution in [1.82, 2.24) is 25.0 Å². The molecule has 0 unspecified atom stereocenters. The molecular formula is C22H20N6O. The van der Waals surface area contributed by atoms with Gasteiger partial charge in [-0.05, 0) is 55.3 Å². The van der Waals surface area contributed by atoms with E-state index in [1.807, 2.05) is 50.5 Å². The average Bonchev–Trinajstić information content (AvgIpc) is 3.46. The number of aromatic amines is 2. The number of carbonyl (C=O) groups excluding carboxylic acids is 1. The maximum absolute atomic E-state index is 12.8. The van der Waals surface area contributed by atoms with E-state index < -0.39 is 0 Å². The molecule has 0 spiro atoms. The first-order chi connectivity index (χ1) is 14.1. The van der Waals surface area contributed by atoms with E-state index in [0.717, 1.165) is 32.9 Å². The fraction of sp³-hybridized carbons (Fsp3) is 0.136. The largest absolute Gasteiger partial charge is 0.361 e. The third kappa shape index (κ3) is 2.97. The Labute approximate surface area is 166 Å². The van der Waals surface area contributed by atoms with E-state index >= 15 is 0 Å². The monoisotopic (exact) mass is 384 g/mol. The molecule has 3 N–H and O–H groups in total. The van der Waals surface area contributed by atoms with Gasteiger partial charge < -0.3 is 10.3 Å². The molecule has 144 valence electrons. The zero-order valence-electron chi connectivity index (χ0n) is 16.1. The first-order valence-corrected chi connectivity index (χ1v) is 9.50. The highest BCUT2D eigenvalue weighted by atomic mass is 16.1. The number of hydrogen-bond donors (Lipinski definition) is 3. The zero-order chi connectivity index (χ0) is 20.0. The van der Waals surface area contributed by atoms with E-state index in [4.69, 9.17) is 0 Å². The standard InChI is InChI=1S/C22H20N6O/c1-13(2)28-9-7-19(27-28)22(29)25-20-10-14(11-21-17(20)12-24-26-21)15-4-3-5-18-16(15)6-8-23-18/h3-13,23H,1-2H3,(H,24,26)(H,25,29). The highest BCUT2D eigenvalue weighted by molar-refractivity contribution is 6.09. The molecule has 5 rings (SSSR count). The van der Waals surface area contributed by atoms with Gasteiger partial charge >= 0.3 is 0 Å². The highest BCUT2D eigenvalue weighted by Crippen LogP contribution is 2.34. The van der Waals surface area contributed by atoms with Crippen LogP contribution in [0.25, 0.3) is 32.9 Å². The minimum absolute atomic E-state index is 0.197. The van der Waals surface area contributed by atoms with E-state index in [9.17, 15) is 4.79 Å². The highest BCUT2D eigenvalue weighted by Gasteiger charge is 2.15. The fourth-order valence-electron chi connectivity index (χ4n) is 3.58. The molecule has 0 aliphatic rings. The van der Waals surface area contributed by atoms with Crippen LogP contribution in [0.3, 0.4) is 0 Å². The third-order valence-corrected chi connectivity index (χ3v) is 5.08. The molecule has 3 heterocycles. The van der Waals surface area contributed by atoms with Crippen LogP contribution < -0.4 is 5.32 Å². The summed E-state index contributed by atoms with van der Waals surface area (Å²) in [7, 11) is 0. The number of amides is 1. The molecule has 7 nitrogen and oxygen atoms in total. The second-order valence-corrected chi connectivity index (χ2v) is 7.33. The predicted molar refractivity (Wildman–Crippen MR) is 114 cm³/mol. The minimum Gasteiger partial charge on any atom is -0.361 e. The number of H-pyrrole nitrogens is 2. The second-order valence-electron chi connectivity index (χ2n) is 7.33. The van der Waals surface area contributed by atoms with Crippen molar-refractivity contribution in [2.45, 2.75) is 19.9 Å². The lowest BCUT2D eigenvalue weighted by molar-refractivity contribution is 0.102. The van der Waals surface area contributed by atoms with Gasteiger partial charge in [-0.1, -0.05) is 12.1 Å². The summed E-state index contributed by atoms with van der Waals surface area (Å²) in [6.45, 7) is 4.05. The molecule has 3 aromatic heterocycles. The molecule has 0 bridgehead atoms. The summed E-state index contributed by atoms with van der Waals surface area (Å²) in [5, 5.41) is 16.5. The Hall–Kier alpha value is -3.87. The topological polar surface area (TPSA) is 91.4 Å². The SMILES string of the molecule is CC(C)n1ccc(C(=O)Nc2cc(-c3cccc4[nH]ccc34)cc3[nH]ncc23)n1. The maximum Gasteiger partial charge on any atom is 0.276 e. The molecule has 0 saturated heterocycles. The summed E-state index contributed by atoms with van der Waals surface area (Å²) in [5.74, 6) is -0.246. The lowest BCUT2D eigenvalue weighted by Crippen LogP contribution is -2.14. The molecule has 0 saturated carbocycles. The van der Waals surface area contributed by atoms with Gasteiger partial charge in [0.25, 0.3) is 5.91 Å². The number of nitrogens with zero attached hydrogens (tertiary/aromatic N) is 3. The molecule has 29 heavy (non-hydrogen) atoms. The molecule has 0 atom stereocenters. The molecule has 0 aliphatic heterocycles. The number of hydrogen-bond acceptors (Lipinski definition) is 3. The summed E-state index contributed by atoms with van der Waals surface area (Å²) >= 11 is 0. The molecule has 7 heteroatoms. The normalized spacial score (nSPS) is 11.6. The van der Waals surface area contributed by atoms with E-state index in [-0.39, 0.29) is 11.9 Å². The number of carbonyl (C=O) groups is 1. The van der Waals surface area contributed by atoms with Crippen LogP contribution in [-0.2, 0) is 0 Å². The fourth-order valence-corrected chi connectivity index (χ4v) is 3.58. The van der Waals surface area contributed by atoms with Crippen molar-refractivity contribution in [3.8, 4) is 11.1 Å². The maximum atomic E-state index is 12.8. The molecule has 5 aromatic rings. The van der Waals surface area contributed by atoms with Gasteiger partial charge in [-0.15, -0.1) is 0 Å². The number of rotatable bonds is 4. The number of benzene rings is 2. The lowest BCUT2D eigenvalue weighted by Gasteiger charge is -2.10. The van der Waals surface area contributed by atoms with E-state index in [2.05, 4.69) is 37.7 Å². The van der Waals surface area contributed by atoms with Gasteiger partial charge in [0.15, 0.2) is 5.69 Å². The number of anilines is 1. The number of nitrogens with one attached hydrogen (secondary N) is 3. The summed E-state index contributed by atoms with van der Waals surface area (Å²) in [4.78, 5) is 16.1. The Bertz CT molecular complexity index is 1340. The van der Waals surface area contributed by atoms with Crippen molar-refractivity contribution in [1.29, 1.82) is 0 Å². The molecular weight excluding hydrogens is 364 g/mol. The summed E-state index contributed by atoms with van der Waals surface area (Å²) < 4.78 is 1.77. The predicted octanol–water partition coefficient (Wildman–Crippen LogP) is 4.74. The van der Waals surface area contributed by atoms with Crippen LogP contribution in [0.4, 0.5) is 5.69 Å². The van der Waals surface area contributed by atoms with E-state index in [1.165, 1.54) is 0 Å². The van der Waals surface area contributed by atoms with Crippen molar-refractivity contribution < 1.29 is 4.79 Å². The molecule has 0 aliphatic carbocycles. The van der Waals surface area contributed by atoms with Crippen LogP contribution >= 0.6 is 0 Å². The number of aromatic nitrogens is 5. The van der Waals surface area contributed by atoms with Crippen molar-refractivity contribution in [3.63, 3.8) is 0 Å². The smallest absolute Gasteiger partial charge is 0.276 e. The van der Waals surface area contributed by atoms with E-state index in [1.54, 1.807) is 16.9 Å². The summed E-state index contributed by atoms with van der Waals surface area (Å²) in [6.07, 6.45) is 5.46. The molecule has 0 radical (unpaired) electrons. The van der Waals surface area contributed by atoms with Crippen LogP contribution in [0, 0.1) is 0 Å². The number of fused-ring (bicyclic) bond motifs is 2. The Morgan fingerprint density at radius 2 is 2.00 bits per heavy atom. The minimum atomic E-state index is -0.246. The third-order valence-electron chi connectivity index (χ3n) is 5.08. The van der Waals surface area contributed by atoms with E-state index in [0.29, 0.717) is 11.4 Å². The Kier molecular flexibility index (Phi) is 3.94. The Morgan fingerprint density at radius 1 is 1.10 bits per heavy atom. The first-order valence-electron chi connectivity index (χ1n) is 9.50. The quantitative estimate of drug-likeness (QED) is 0.418. The molecule has 0 fully saturated rings. The average molecular weight is 384 g/mol. The van der Waals surface area contributed by atoms with Crippen molar-refractivity contribution in [3.05, 3.63) is 66.7 Å². The summed E-state index contributed by atoms with van der Waals surface area (Å²) in [5.41, 5.74) is 5.08. The van der Waals surface area contributed by atoms with Gasteiger partial charge in [0, 0.05) is 34.7 Å². The van der Waals surface area contributed by atoms with Gasteiger partial charge in [0.2, 0.25) is 0 Å². The van der Waals surface area contributed by atoms with Crippen molar-refractivity contribution in [2.24, 2.45) is 0 Å². The van der Waals surface area contributed by atoms with Crippen LogP contribution in [-0.4, -0.2) is 30.9 Å². The van der Waals surface area contributed by atoms with Crippen LogP contribution in [0.2, 0.25) is 0 Å². The summed E-state index contributed by atoms with van der Waals surface area (Å²) in [6, 6.07) is 14.1. The zero-order valence-corrected chi connectivity index (χ0v) is 16.1. The van der Waals surface area contributed by atoms with Gasteiger partial charge in [-0.2, -0.15) is 10.2 Å².